The number of ether oxygens (including phenoxy) is 1. The molecule has 2 aromatic rings. The summed E-state index contributed by atoms with van der Waals surface area (Å²) in [6.45, 7) is 3.56. The van der Waals surface area contributed by atoms with Crippen LogP contribution in [0.3, 0.4) is 0 Å². The van der Waals surface area contributed by atoms with Crippen LogP contribution >= 0.6 is 11.6 Å². The number of hydrogen-bond donors (Lipinski definition) is 0. The topological polar surface area (TPSA) is 22.1 Å². The normalized spacial score (nSPS) is 11.9. The van der Waals surface area contributed by atoms with Crippen LogP contribution < -0.4 is 4.74 Å². The van der Waals surface area contributed by atoms with Crippen molar-refractivity contribution in [2.75, 3.05) is 0 Å². The number of pyridine rings is 1. The summed E-state index contributed by atoms with van der Waals surface area (Å²) >= 11 is 6.10. The highest BCUT2D eigenvalue weighted by molar-refractivity contribution is 6.36. The molecule has 0 N–H and O–H groups in total. The standard InChI is InChI=1S/C12H9ClF3NO/c1-6-7(2)17-10-4-3-8(18-12(14,15)16)5-9(10)11(6)13/h3-5H,1-2H3. The van der Waals surface area contributed by atoms with Crippen molar-refractivity contribution in [3.63, 3.8) is 0 Å². The molecule has 0 radical (unpaired) electrons. The lowest BCUT2D eigenvalue weighted by atomic mass is 10.1. The third-order valence-electron chi connectivity index (χ3n) is 2.60. The Labute approximate surface area is 106 Å². The summed E-state index contributed by atoms with van der Waals surface area (Å²) in [5.41, 5.74) is 2.03. The Hall–Kier alpha value is -1.49. The van der Waals surface area contributed by atoms with E-state index in [-0.39, 0.29) is 5.75 Å². The largest absolute Gasteiger partial charge is 0.573 e. The first-order chi connectivity index (χ1) is 8.28. The number of halogens is 4. The average molecular weight is 276 g/mol. The van der Waals surface area contributed by atoms with E-state index in [0.29, 0.717) is 15.9 Å². The summed E-state index contributed by atoms with van der Waals surface area (Å²) in [4.78, 5) is 4.25. The molecule has 2 nitrogen and oxygen atoms in total. The molecule has 0 unspecified atom stereocenters. The maximum Gasteiger partial charge on any atom is 0.573 e. The highest BCUT2D eigenvalue weighted by Crippen LogP contribution is 2.32. The molecule has 1 aromatic carbocycles. The third kappa shape index (κ3) is 2.51. The van der Waals surface area contributed by atoms with Gasteiger partial charge in [-0.15, -0.1) is 13.2 Å². The quantitative estimate of drug-likeness (QED) is 0.769. The van der Waals surface area contributed by atoms with Gasteiger partial charge in [-0.25, -0.2) is 0 Å². The molecular formula is C12H9ClF3NO. The van der Waals surface area contributed by atoms with E-state index in [1.807, 2.05) is 0 Å². The van der Waals surface area contributed by atoms with Gasteiger partial charge in [0.1, 0.15) is 5.75 Å². The Morgan fingerprint density at radius 1 is 1.22 bits per heavy atom. The van der Waals surface area contributed by atoms with Crippen LogP contribution in [0.4, 0.5) is 13.2 Å². The first kappa shape index (κ1) is 13.0. The molecule has 2 rings (SSSR count). The zero-order valence-electron chi connectivity index (χ0n) is 9.60. The maximum absolute atomic E-state index is 12.1. The summed E-state index contributed by atoms with van der Waals surface area (Å²) in [7, 11) is 0. The van der Waals surface area contributed by atoms with Crippen molar-refractivity contribution in [2.45, 2.75) is 20.2 Å². The van der Waals surface area contributed by atoms with Gasteiger partial charge in [-0.3, -0.25) is 4.98 Å². The Balaban J connectivity index is 2.58. The Morgan fingerprint density at radius 2 is 1.89 bits per heavy atom. The molecule has 0 bridgehead atoms. The molecule has 0 amide bonds. The van der Waals surface area contributed by atoms with Gasteiger partial charge in [0.2, 0.25) is 0 Å². The van der Waals surface area contributed by atoms with E-state index >= 15 is 0 Å². The molecule has 0 spiro atoms. The molecule has 0 aliphatic carbocycles. The molecule has 0 saturated carbocycles. The lowest BCUT2D eigenvalue weighted by Crippen LogP contribution is -2.17. The Bertz CT molecular complexity index is 610. The van der Waals surface area contributed by atoms with Gasteiger partial charge in [0.15, 0.2) is 0 Å². The van der Waals surface area contributed by atoms with Crippen molar-refractivity contribution in [3.05, 3.63) is 34.5 Å². The van der Waals surface area contributed by atoms with Gasteiger partial charge >= 0.3 is 6.36 Å². The minimum absolute atomic E-state index is 0.304. The second-order valence-electron chi connectivity index (χ2n) is 3.86. The summed E-state index contributed by atoms with van der Waals surface area (Å²) < 4.78 is 40.2. The monoisotopic (exact) mass is 275 g/mol. The minimum atomic E-state index is -4.71. The van der Waals surface area contributed by atoms with Crippen molar-refractivity contribution in [3.8, 4) is 5.75 Å². The van der Waals surface area contributed by atoms with E-state index in [0.717, 1.165) is 11.3 Å². The van der Waals surface area contributed by atoms with Gasteiger partial charge in [-0.2, -0.15) is 0 Å². The molecule has 0 atom stereocenters. The highest BCUT2D eigenvalue weighted by Gasteiger charge is 2.31. The fraction of sp³-hybridized carbons (Fsp3) is 0.250. The molecule has 18 heavy (non-hydrogen) atoms. The Morgan fingerprint density at radius 3 is 2.50 bits per heavy atom. The predicted octanol–water partition coefficient (Wildman–Crippen LogP) is 4.40. The van der Waals surface area contributed by atoms with Gasteiger partial charge < -0.3 is 4.74 Å². The average Bonchev–Trinajstić information content (AvgIpc) is 2.25. The first-order valence-electron chi connectivity index (χ1n) is 5.10. The van der Waals surface area contributed by atoms with Crippen molar-refractivity contribution in [1.29, 1.82) is 0 Å². The molecule has 0 saturated heterocycles. The third-order valence-corrected chi connectivity index (χ3v) is 3.09. The second kappa shape index (κ2) is 4.31. The number of benzene rings is 1. The lowest BCUT2D eigenvalue weighted by Gasteiger charge is -2.11. The van der Waals surface area contributed by atoms with Crippen molar-refractivity contribution < 1.29 is 17.9 Å². The SMILES string of the molecule is Cc1nc2ccc(OC(F)(F)F)cc2c(Cl)c1C. The van der Waals surface area contributed by atoms with E-state index in [1.165, 1.54) is 18.2 Å². The zero-order valence-corrected chi connectivity index (χ0v) is 10.4. The predicted molar refractivity (Wildman–Crippen MR) is 62.9 cm³/mol. The number of nitrogens with zero attached hydrogens (tertiary/aromatic N) is 1. The number of aromatic nitrogens is 1. The minimum Gasteiger partial charge on any atom is -0.406 e. The van der Waals surface area contributed by atoms with Crippen molar-refractivity contribution in [2.24, 2.45) is 0 Å². The fourth-order valence-electron chi connectivity index (χ4n) is 1.61. The zero-order chi connectivity index (χ0) is 13.5. The summed E-state index contributed by atoms with van der Waals surface area (Å²) in [6.07, 6.45) is -4.71. The maximum atomic E-state index is 12.1. The van der Waals surface area contributed by atoms with Crippen LogP contribution in [0.2, 0.25) is 5.02 Å². The van der Waals surface area contributed by atoms with Crippen molar-refractivity contribution in [1.82, 2.24) is 4.98 Å². The molecule has 0 aliphatic heterocycles. The van der Waals surface area contributed by atoms with Gasteiger partial charge in [-0.05, 0) is 37.6 Å². The number of aryl methyl sites for hydroxylation is 1. The van der Waals surface area contributed by atoms with E-state index in [4.69, 9.17) is 11.6 Å². The molecule has 6 heteroatoms. The molecular weight excluding hydrogens is 267 g/mol. The van der Waals surface area contributed by atoms with E-state index in [2.05, 4.69) is 9.72 Å². The van der Waals surface area contributed by atoms with Crippen LogP contribution in [0.5, 0.6) is 5.75 Å². The van der Waals surface area contributed by atoms with Crippen LogP contribution in [0.25, 0.3) is 10.9 Å². The first-order valence-corrected chi connectivity index (χ1v) is 5.48. The Kier molecular flexibility index (Phi) is 3.11. The van der Waals surface area contributed by atoms with E-state index in [9.17, 15) is 13.2 Å². The number of hydrogen-bond acceptors (Lipinski definition) is 2. The molecule has 0 aliphatic rings. The van der Waals surface area contributed by atoms with Gasteiger partial charge in [-0.1, -0.05) is 11.6 Å². The highest BCUT2D eigenvalue weighted by atomic mass is 35.5. The second-order valence-corrected chi connectivity index (χ2v) is 4.24. The van der Waals surface area contributed by atoms with Crippen LogP contribution in [0.1, 0.15) is 11.3 Å². The molecule has 1 aromatic heterocycles. The van der Waals surface area contributed by atoms with E-state index in [1.54, 1.807) is 13.8 Å². The fourth-order valence-corrected chi connectivity index (χ4v) is 1.90. The smallest absolute Gasteiger partial charge is 0.406 e. The summed E-state index contributed by atoms with van der Waals surface area (Å²) in [5, 5.41) is 0.839. The van der Waals surface area contributed by atoms with Crippen LogP contribution in [-0.2, 0) is 0 Å². The van der Waals surface area contributed by atoms with Crippen LogP contribution in [0.15, 0.2) is 18.2 Å². The van der Waals surface area contributed by atoms with Gasteiger partial charge in [0.05, 0.1) is 10.5 Å². The number of rotatable bonds is 1. The van der Waals surface area contributed by atoms with Gasteiger partial charge in [0.25, 0.3) is 0 Å². The number of alkyl halides is 3. The van der Waals surface area contributed by atoms with Crippen molar-refractivity contribution >= 4 is 22.5 Å². The van der Waals surface area contributed by atoms with E-state index < -0.39 is 6.36 Å². The molecule has 96 valence electrons. The van der Waals surface area contributed by atoms with Crippen LogP contribution in [0, 0.1) is 13.8 Å². The lowest BCUT2D eigenvalue weighted by molar-refractivity contribution is -0.274. The molecule has 0 fully saturated rings. The number of fused-ring (bicyclic) bond motifs is 1. The van der Waals surface area contributed by atoms with Gasteiger partial charge in [0, 0.05) is 11.1 Å². The summed E-state index contributed by atoms with van der Waals surface area (Å²) in [6, 6.07) is 3.91. The molecule has 1 heterocycles. The van der Waals surface area contributed by atoms with Crippen LogP contribution in [-0.4, -0.2) is 11.3 Å². The summed E-state index contributed by atoms with van der Waals surface area (Å²) in [5.74, 6) is -0.304.